The molecule has 0 saturated heterocycles. The highest BCUT2D eigenvalue weighted by Gasteiger charge is 2.13. The van der Waals surface area contributed by atoms with E-state index in [-0.39, 0.29) is 29.5 Å². The minimum atomic E-state index is -3.70. The van der Waals surface area contributed by atoms with Crippen LogP contribution in [0.5, 0.6) is 0 Å². The molecule has 0 aliphatic carbocycles. The monoisotopic (exact) mass is 350 g/mol. The molecular weight excluding hydrogens is 332 g/mol. The molecule has 0 aliphatic heterocycles. The maximum Gasteiger partial charge on any atom is 0.266 e. The Morgan fingerprint density at radius 1 is 1.17 bits per heavy atom. The minimum absolute atomic E-state index is 0.0339. The number of amides is 1. The van der Waals surface area contributed by atoms with Gasteiger partial charge in [0.2, 0.25) is 15.9 Å². The average Bonchev–Trinajstić information content (AvgIpc) is 2.50. The second kappa shape index (κ2) is 7.37. The van der Waals surface area contributed by atoms with Crippen LogP contribution in [0.2, 0.25) is 0 Å². The Balaban J connectivity index is 2.02. The predicted molar refractivity (Wildman–Crippen MR) is 89.2 cm³/mol. The van der Waals surface area contributed by atoms with Gasteiger partial charge in [-0.2, -0.15) is 5.10 Å². The number of aryl methyl sites for hydroxylation is 1. The average molecular weight is 350 g/mol. The van der Waals surface area contributed by atoms with E-state index in [4.69, 9.17) is 0 Å². The summed E-state index contributed by atoms with van der Waals surface area (Å²) in [6.07, 6.45) is 0. The summed E-state index contributed by atoms with van der Waals surface area (Å²) >= 11 is 0. The summed E-state index contributed by atoms with van der Waals surface area (Å²) in [7, 11) is -3.70. The van der Waals surface area contributed by atoms with Gasteiger partial charge in [0.1, 0.15) is 0 Å². The van der Waals surface area contributed by atoms with Crippen molar-refractivity contribution >= 4 is 21.6 Å². The van der Waals surface area contributed by atoms with Gasteiger partial charge in [0, 0.05) is 25.2 Å². The molecule has 2 rings (SSSR count). The van der Waals surface area contributed by atoms with Crippen molar-refractivity contribution in [2.24, 2.45) is 0 Å². The molecule has 0 atom stereocenters. The van der Waals surface area contributed by atoms with E-state index in [1.807, 2.05) is 0 Å². The number of sulfonamides is 1. The number of benzene rings is 1. The molecule has 0 unspecified atom stereocenters. The summed E-state index contributed by atoms with van der Waals surface area (Å²) in [4.78, 5) is 22.6. The first kappa shape index (κ1) is 17.8. The van der Waals surface area contributed by atoms with Gasteiger partial charge in [-0.05, 0) is 37.3 Å². The number of carbonyl (C=O) groups excluding carboxylic acids is 1. The van der Waals surface area contributed by atoms with Gasteiger partial charge in [0.05, 0.1) is 17.1 Å². The van der Waals surface area contributed by atoms with Crippen molar-refractivity contribution in [3.05, 3.63) is 52.4 Å². The number of nitrogens with zero attached hydrogens (tertiary/aromatic N) is 2. The van der Waals surface area contributed by atoms with Gasteiger partial charge in [-0.15, -0.1) is 0 Å². The van der Waals surface area contributed by atoms with E-state index in [1.54, 1.807) is 13.0 Å². The van der Waals surface area contributed by atoms with Crippen molar-refractivity contribution in [3.63, 3.8) is 0 Å². The fourth-order valence-corrected chi connectivity index (χ4v) is 3.02. The summed E-state index contributed by atoms with van der Waals surface area (Å²) in [5, 5.41) is 6.59. The summed E-state index contributed by atoms with van der Waals surface area (Å²) < 4.78 is 28.0. The van der Waals surface area contributed by atoms with E-state index >= 15 is 0 Å². The number of hydrogen-bond acceptors (Lipinski definition) is 5. The Bertz CT molecular complexity index is 888. The van der Waals surface area contributed by atoms with Crippen LogP contribution in [0.25, 0.3) is 0 Å². The van der Waals surface area contributed by atoms with E-state index in [1.165, 1.54) is 41.9 Å². The van der Waals surface area contributed by atoms with Crippen molar-refractivity contribution in [3.8, 4) is 0 Å². The molecule has 0 aliphatic rings. The summed E-state index contributed by atoms with van der Waals surface area (Å²) in [6.45, 7) is 3.28. The van der Waals surface area contributed by atoms with Crippen molar-refractivity contribution in [1.29, 1.82) is 0 Å². The fourth-order valence-electron chi connectivity index (χ4n) is 2.00. The first-order valence-electron chi connectivity index (χ1n) is 7.20. The molecule has 0 spiro atoms. The van der Waals surface area contributed by atoms with Gasteiger partial charge in [0.25, 0.3) is 5.56 Å². The molecular formula is C15H18N4O4S. The zero-order chi connectivity index (χ0) is 17.7. The largest absolute Gasteiger partial charge is 0.326 e. The van der Waals surface area contributed by atoms with Crippen LogP contribution < -0.4 is 15.6 Å². The third-order valence-corrected chi connectivity index (χ3v) is 4.58. The Kier molecular flexibility index (Phi) is 5.47. The van der Waals surface area contributed by atoms with Gasteiger partial charge < -0.3 is 5.32 Å². The first-order valence-corrected chi connectivity index (χ1v) is 8.68. The van der Waals surface area contributed by atoms with Crippen LogP contribution in [0.1, 0.15) is 12.6 Å². The van der Waals surface area contributed by atoms with Gasteiger partial charge in [-0.3, -0.25) is 9.59 Å². The van der Waals surface area contributed by atoms with E-state index in [9.17, 15) is 18.0 Å². The van der Waals surface area contributed by atoms with Crippen LogP contribution >= 0.6 is 0 Å². The lowest BCUT2D eigenvalue weighted by atomic mass is 10.3. The van der Waals surface area contributed by atoms with Crippen molar-refractivity contribution < 1.29 is 13.2 Å². The predicted octanol–water partition coefficient (Wildman–Crippen LogP) is 0.489. The van der Waals surface area contributed by atoms with Crippen LogP contribution in [0.4, 0.5) is 5.69 Å². The maximum atomic E-state index is 12.2. The molecule has 1 heterocycles. The zero-order valence-electron chi connectivity index (χ0n) is 13.3. The number of rotatable bonds is 6. The Hall–Kier alpha value is -2.52. The van der Waals surface area contributed by atoms with Crippen LogP contribution in [-0.2, 0) is 21.4 Å². The Labute approximate surface area is 139 Å². The lowest BCUT2D eigenvalue weighted by molar-refractivity contribution is -0.114. The highest BCUT2D eigenvalue weighted by molar-refractivity contribution is 7.89. The van der Waals surface area contributed by atoms with Crippen LogP contribution in [-0.4, -0.2) is 30.7 Å². The van der Waals surface area contributed by atoms with E-state index < -0.39 is 10.0 Å². The molecule has 1 amide bonds. The van der Waals surface area contributed by atoms with E-state index in [0.717, 1.165) is 0 Å². The lowest BCUT2D eigenvalue weighted by Gasteiger charge is -2.09. The molecule has 0 saturated carbocycles. The maximum absolute atomic E-state index is 12.2. The smallest absolute Gasteiger partial charge is 0.266 e. The molecule has 2 N–H and O–H groups in total. The third-order valence-electron chi connectivity index (χ3n) is 3.10. The first-order chi connectivity index (χ1) is 11.3. The minimum Gasteiger partial charge on any atom is -0.326 e. The number of carbonyl (C=O) groups is 1. The van der Waals surface area contributed by atoms with Crippen molar-refractivity contribution in [2.45, 2.75) is 25.3 Å². The highest BCUT2D eigenvalue weighted by atomic mass is 32.2. The van der Waals surface area contributed by atoms with Crippen LogP contribution in [0.15, 0.2) is 46.1 Å². The molecule has 1 aromatic heterocycles. The number of nitrogens with one attached hydrogen (secondary N) is 2. The quantitative estimate of drug-likeness (QED) is 0.788. The second-order valence-electron chi connectivity index (χ2n) is 5.14. The summed E-state index contributed by atoms with van der Waals surface area (Å²) in [6, 6.07) is 8.78. The third kappa shape index (κ3) is 4.74. The standard InChI is InChI=1S/C15H18N4O4S/c1-11-3-8-15(21)19(18-11)10-9-16-24(22,23)14-6-4-13(5-7-14)17-12(2)20/h3-8,16H,9-10H2,1-2H3,(H,17,20). The Morgan fingerprint density at radius 3 is 2.46 bits per heavy atom. The van der Waals surface area contributed by atoms with Crippen LogP contribution in [0, 0.1) is 6.92 Å². The topological polar surface area (TPSA) is 110 Å². The molecule has 8 nitrogen and oxygen atoms in total. The van der Waals surface area contributed by atoms with Gasteiger partial charge in [-0.1, -0.05) is 0 Å². The van der Waals surface area contributed by atoms with Gasteiger partial charge in [0.15, 0.2) is 0 Å². The van der Waals surface area contributed by atoms with Gasteiger partial charge in [-0.25, -0.2) is 17.8 Å². The van der Waals surface area contributed by atoms with E-state index in [0.29, 0.717) is 11.4 Å². The molecule has 128 valence electrons. The molecule has 0 radical (unpaired) electrons. The normalized spacial score (nSPS) is 11.2. The van der Waals surface area contributed by atoms with Crippen molar-refractivity contribution in [1.82, 2.24) is 14.5 Å². The van der Waals surface area contributed by atoms with Crippen LogP contribution in [0.3, 0.4) is 0 Å². The lowest BCUT2D eigenvalue weighted by Crippen LogP contribution is -2.32. The zero-order valence-corrected chi connectivity index (χ0v) is 14.1. The highest BCUT2D eigenvalue weighted by Crippen LogP contribution is 2.13. The Morgan fingerprint density at radius 2 is 1.83 bits per heavy atom. The number of hydrogen-bond donors (Lipinski definition) is 2. The fraction of sp³-hybridized carbons (Fsp3) is 0.267. The summed E-state index contributed by atoms with van der Waals surface area (Å²) in [5.41, 5.74) is 0.891. The van der Waals surface area contributed by atoms with Gasteiger partial charge >= 0.3 is 0 Å². The molecule has 2 aromatic rings. The molecule has 1 aromatic carbocycles. The number of aromatic nitrogens is 2. The molecule has 0 fully saturated rings. The molecule has 24 heavy (non-hydrogen) atoms. The SMILES string of the molecule is CC(=O)Nc1ccc(S(=O)(=O)NCCn2nc(C)ccc2=O)cc1. The summed E-state index contributed by atoms with van der Waals surface area (Å²) in [5.74, 6) is -0.236. The molecule has 9 heteroatoms. The second-order valence-corrected chi connectivity index (χ2v) is 6.91. The van der Waals surface area contributed by atoms with E-state index in [2.05, 4.69) is 15.1 Å². The molecule has 0 bridgehead atoms. The number of anilines is 1. The van der Waals surface area contributed by atoms with Crippen molar-refractivity contribution in [2.75, 3.05) is 11.9 Å².